The third-order valence-corrected chi connectivity index (χ3v) is 2.98. The van der Waals surface area contributed by atoms with Crippen LogP contribution in [0.2, 0.25) is 0 Å². The highest BCUT2D eigenvalue weighted by molar-refractivity contribution is 5.80. The molecule has 1 rings (SSSR count). The average molecular weight is 280 g/mol. The van der Waals surface area contributed by atoms with Gasteiger partial charge in [0.25, 0.3) is 5.91 Å². The monoisotopic (exact) mass is 280 g/mol. The van der Waals surface area contributed by atoms with Crippen LogP contribution in [0.1, 0.15) is 18.1 Å². The van der Waals surface area contributed by atoms with Gasteiger partial charge in [0.15, 0.2) is 6.10 Å². The van der Waals surface area contributed by atoms with E-state index in [1.54, 1.807) is 14.0 Å². The molecule has 0 heterocycles. The van der Waals surface area contributed by atoms with E-state index in [0.29, 0.717) is 19.7 Å². The fraction of sp³-hybridized carbons (Fsp3) is 0.533. The molecule has 5 heteroatoms. The number of carbonyl (C=O) groups is 1. The molecular formula is C15H24N2O3. The number of hydrogen-bond donors (Lipinski definition) is 2. The Balaban J connectivity index is 2.69. The van der Waals surface area contributed by atoms with Crippen molar-refractivity contribution < 1.29 is 14.3 Å². The highest BCUT2D eigenvalue weighted by Crippen LogP contribution is 2.24. The van der Waals surface area contributed by atoms with E-state index >= 15 is 0 Å². The Morgan fingerprint density at radius 3 is 2.85 bits per heavy atom. The van der Waals surface area contributed by atoms with Crippen molar-refractivity contribution >= 4 is 5.91 Å². The molecule has 3 N–H and O–H groups in total. The molecule has 1 atom stereocenters. The Kier molecular flexibility index (Phi) is 7.04. The number of nitrogens with two attached hydrogens (primary N) is 1. The summed E-state index contributed by atoms with van der Waals surface area (Å²) in [7, 11) is 1.60. The predicted molar refractivity (Wildman–Crippen MR) is 78.9 cm³/mol. The first kappa shape index (κ1) is 16.5. The minimum atomic E-state index is -0.551. The maximum absolute atomic E-state index is 11.9. The lowest BCUT2D eigenvalue weighted by atomic mass is 10.1. The number of hydrogen-bond acceptors (Lipinski definition) is 4. The SMILES string of the molecule is COCCNC(=O)C(C)Oc1c(C)cccc1CCN. The van der Waals surface area contributed by atoms with Gasteiger partial charge in [0, 0.05) is 13.7 Å². The summed E-state index contributed by atoms with van der Waals surface area (Å²) in [6.07, 6.45) is 0.180. The normalized spacial score (nSPS) is 12.0. The van der Waals surface area contributed by atoms with Crippen LogP contribution in [0.3, 0.4) is 0 Å². The molecule has 1 unspecified atom stereocenters. The van der Waals surface area contributed by atoms with E-state index in [4.69, 9.17) is 15.2 Å². The minimum Gasteiger partial charge on any atom is -0.480 e. The lowest BCUT2D eigenvalue weighted by Crippen LogP contribution is -2.38. The van der Waals surface area contributed by atoms with Crippen LogP contribution >= 0.6 is 0 Å². The number of methoxy groups -OCH3 is 1. The number of nitrogens with one attached hydrogen (secondary N) is 1. The molecule has 0 aliphatic carbocycles. The van der Waals surface area contributed by atoms with Gasteiger partial charge in [-0.1, -0.05) is 18.2 Å². The van der Waals surface area contributed by atoms with E-state index in [9.17, 15) is 4.79 Å². The second-order valence-electron chi connectivity index (χ2n) is 4.65. The molecule has 112 valence electrons. The van der Waals surface area contributed by atoms with E-state index in [2.05, 4.69) is 5.32 Å². The second kappa shape index (κ2) is 8.55. The third-order valence-electron chi connectivity index (χ3n) is 2.98. The molecule has 1 aromatic carbocycles. The van der Waals surface area contributed by atoms with Gasteiger partial charge in [0.05, 0.1) is 6.61 Å². The van der Waals surface area contributed by atoms with Crippen molar-refractivity contribution in [1.82, 2.24) is 5.32 Å². The van der Waals surface area contributed by atoms with Crippen LogP contribution in [-0.2, 0) is 16.0 Å². The maximum atomic E-state index is 11.9. The first-order chi connectivity index (χ1) is 9.60. The minimum absolute atomic E-state index is 0.149. The Morgan fingerprint density at radius 1 is 1.45 bits per heavy atom. The molecule has 0 saturated carbocycles. The third kappa shape index (κ3) is 4.83. The van der Waals surface area contributed by atoms with E-state index in [1.807, 2.05) is 25.1 Å². The molecule has 0 bridgehead atoms. The highest BCUT2D eigenvalue weighted by Gasteiger charge is 2.17. The van der Waals surface area contributed by atoms with Crippen LogP contribution in [0, 0.1) is 6.92 Å². The van der Waals surface area contributed by atoms with E-state index < -0.39 is 6.10 Å². The second-order valence-corrected chi connectivity index (χ2v) is 4.65. The zero-order chi connectivity index (χ0) is 15.0. The van der Waals surface area contributed by atoms with Crippen molar-refractivity contribution in [3.05, 3.63) is 29.3 Å². The zero-order valence-electron chi connectivity index (χ0n) is 12.4. The van der Waals surface area contributed by atoms with Crippen molar-refractivity contribution in [1.29, 1.82) is 0 Å². The number of carbonyl (C=O) groups excluding carboxylic acids is 1. The summed E-state index contributed by atoms with van der Waals surface area (Å²) in [5, 5.41) is 2.76. The van der Waals surface area contributed by atoms with Gasteiger partial charge in [-0.15, -0.1) is 0 Å². The van der Waals surface area contributed by atoms with Crippen LogP contribution in [-0.4, -0.2) is 38.8 Å². The van der Waals surface area contributed by atoms with Gasteiger partial charge in [0.2, 0.25) is 0 Å². The summed E-state index contributed by atoms with van der Waals surface area (Å²) in [6.45, 7) is 5.22. The summed E-state index contributed by atoms with van der Waals surface area (Å²) in [6, 6.07) is 5.91. The molecule has 1 amide bonds. The van der Waals surface area contributed by atoms with Gasteiger partial charge >= 0.3 is 0 Å². The molecular weight excluding hydrogens is 256 g/mol. The van der Waals surface area contributed by atoms with Crippen LogP contribution in [0.4, 0.5) is 0 Å². The van der Waals surface area contributed by atoms with Gasteiger partial charge in [-0.3, -0.25) is 4.79 Å². The molecule has 0 aliphatic heterocycles. The van der Waals surface area contributed by atoms with E-state index in [-0.39, 0.29) is 5.91 Å². The molecule has 0 saturated heterocycles. The Labute approximate surface area is 120 Å². The lowest BCUT2D eigenvalue weighted by Gasteiger charge is -2.19. The molecule has 5 nitrogen and oxygen atoms in total. The topological polar surface area (TPSA) is 73.6 Å². The molecule has 20 heavy (non-hydrogen) atoms. The van der Waals surface area contributed by atoms with Gasteiger partial charge in [-0.05, 0) is 37.9 Å². The van der Waals surface area contributed by atoms with Gasteiger partial charge in [0.1, 0.15) is 5.75 Å². The first-order valence-electron chi connectivity index (χ1n) is 6.82. The quantitative estimate of drug-likeness (QED) is 0.697. The largest absolute Gasteiger partial charge is 0.480 e. The summed E-state index contributed by atoms with van der Waals surface area (Å²) in [5.74, 6) is 0.608. The number of ether oxygens (including phenoxy) is 2. The summed E-state index contributed by atoms with van der Waals surface area (Å²) >= 11 is 0. The highest BCUT2D eigenvalue weighted by atomic mass is 16.5. The summed E-state index contributed by atoms with van der Waals surface area (Å²) in [4.78, 5) is 11.9. The van der Waals surface area contributed by atoms with Crippen LogP contribution in [0.5, 0.6) is 5.75 Å². The maximum Gasteiger partial charge on any atom is 0.260 e. The van der Waals surface area contributed by atoms with Crippen molar-refractivity contribution in [2.75, 3.05) is 26.8 Å². The molecule has 0 fully saturated rings. The van der Waals surface area contributed by atoms with Crippen molar-refractivity contribution in [3.8, 4) is 5.75 Å². The lowest BCUT2D eigenvalue weighted by molar-refractivity contribution is -0.127. The molecule has 0 aliphatic rings. The van der Waals surface area contributed by atoms with Crippen LogP contribution in [0.25, 0.3) is 0 Å². The summed E-state index contributed by atoms with van der Waals surface area (Å²) < 4.78 is 10.7. The first-order valence-corrected chi connectivity index (χ1v) is 6.82. The van der Waals surface area contributed by atoms with E-state index in [1.165, 1.54) is 0 Å². The Morgan fingerprint density at radius 2 is 2.20 bits per heavy atom. The number of aryl methyl sites for hydroxylation is 1. The predicted octanol–water partition coefficient (Wildman–Crippen LogP) is 1.03. The fourth-order valence-corrected chi connectivity index (χ4v) is 1.88. The van der Waals surface area contributed by atoms with Gasteiger partial charge < -0.3 is 20.5 Å². The van der Waals surface area contributed by atoms with Crippen molar-refractivity contribution in [2.45, 2.75) is 26.4 Å². The smallest absolute Gasteiger partial charge is 0.260 e. The van der Waals surface area contributed by atoms with E-state index in [0.717, 1.165) is 23.3 Å². The Bertz CT molecular complexity index is 435. The average Bonchev–Trinajstić information content (AvgIpc) is 2.43. The van der Waals surface area contributed by atoms with Gasteiger partial charge in [-0.2, -0.15) is 0 Å². The van der Waals surface area contributed by atoms with Crippen LogP contribution < -0.4 is 15.8 Å². The molecule has 0 aromatic heterocycles. The zero-order valence-corrected chi connectivity index (χ0v) is 12.4. The summed E-state index contributed by atoms with van der Waals surface area (Å²) in [5.41, 5.74) is 7.64. The standard InChI is InChI=1S/C15H24N2O3/c1-11-5-4-6-13(7-8-16)14(11)20-12(2)15(18)17-9-10-19-3/h4-6,12H,7-10,16H2,1-3H3,(H,17,18). The van der Waals surface area contributed by atoms with Gasteiger partial charge in [-0.25, -0.2) is 0 Å². The number of para-hydroxylation sites is 1. The number of amides is 1. The fourth-order valence-electron chi connectivity index (χ4n) is 1.88. The molecule has 0 radical (unpaired) electrons. The Hall–Kier alpha value is -1.59. The number of benzene rings is 1. The molecule has 1 aromatic rings. The van der Waals surface area contributed by atoms with Crippen molar-refractivity contribution in [2.24, 2.45) is 5.73 Å². The van der Waals surface area contributed by atoms with Crippen LogP contribution in [0.15, 0.2) is 18.2 Å². The molecule has 0 spiro atoms. The number of rotatable bonds is 8. The van der Waals surface area contributed by atoms with Crippen molar-refractivity contribution in [3.63, 3.8) is 0 Å².